The van der Waals surface area contributed by atoms with Crippen molar-refractivity contribution in [3.8, 4) is 0 Å². The molecule has 0 saturated carbocycles. The fourth-order valence-electron chi connectivity index (χ4n) is 1.70. The summed E-state index contributed by atoms with van der Waals surface area (Å²) in [7, 11) is 3.93. The van der Waals surface area contributed by atoms with Crippen molar-refractivity contribution in [1.82, 2.24) is 4.90 Å². The molecule has 0 aliphatic rings. The van der Waals surface area contributed by atoms with E-state index in [1.165, 1.54) is 0 Å². The molecule has 1 atom stereocenters. The van der Waals surface area contributed by atoms with E-state index in [1.807, 2.05) is 0 Å². The van der Waals surface area contributed by atoms with Gasteiger partial charge >= 0.3 is 0 Å². The molecule has 0 radical (unpaired) electrons. The number of hydrogen-bond acceptors (Lipinski definition) is 3. The van der Waals surface area contributed by atoms with E-state index in [0.29, 0.717) is 12.0 Å². The van der Waals surface area contributed by atoms with E-state index in [1.54, 1.807) is 7.11 Å². The van der Waals surface area contributed by atoms with Gasteiger partial charge in [0.1, 0.15) is 0 Å². The molecule has 0 aromatic heterocycles. The summed E-state index contributed by atoms with van der Waals surface area (Å²) in [4.78, 5) is 2.38. The van der Waals surface area contributed by atoms with Gasteiger partial charge in [-0.3, -0.25) is 0 Å². The lowest BCUT2D eigenvalue weighted by Crippen LogP contribution is -2.38. The van der Waals surface area contributed by atoms with Crippen molar-refractivity contribution in [2.24, 2.45) is 11.7 Å². The number of likely N-dealkylation sites (N-methyl/N-ethyl adjacent to an activating group) is 1. The molecule has 0 heterocycles. The summed E-state index contributed by atoms with van der Waals surface area (Å²) in [5.74, 6) is 0.706. The smallest absolute Gasteiger partial charge is 0.0617 e. The molecule has 0 aromatic rings. The molecule has 0 spiro atoms. The Morgan fingerprint density at radius 2 is 2.00 bits per heavy atom. The number of ether oxygens (including phenoxy) is 1. The van der Waals surface area contributed by atoms with Crippen LogP contribution in [0.5, 0.6) is 0 Å². The third kappa shape index (κ3) is 6.35. The zero-order valence-electron chi connectivity index (χ0n) is 10.1. The van der Waals surface area contributed by atoms with Crippen LogP contribution in [0.25, 0.3) is 0 Å². The highest BCUT2D eigenvalue weighted by Gasteiger charge is 2.14. The van der Waals surface area contributed by atoms with Crippen molar-refractivity contribution in [2.45, 2.75) is 32.7 Å². The Morgan fingerprint density at radius 1 is 1.36 bits per heavy atom. The largest absolute Gasteiger partial charge is 0.383 e. The molecular weight excluding hydrogens is 176 g/mol. The summed E-state index contributed by atoms with van der Waals surface area (Å²) in [6.07, 6.45) is 2.21. The second kappa shape index (κ2) is 8.21. The lowest BCUT2D eigenvalue weighted by Gasteiger charge is -2.28. The molecule has 0 fully saturated rings. The quantitative estimate of drug-likeness (QED) is 0.645. The molecule has 0 saturated heterocycles. The van der Waals surface area contributed by atoms with Gasteiger partial charge in [0.25, 0.3) is 0 Å². The minimum atomic E-state index is 0.519. The number of rotatable bonds is 8. The first-order chi connectivity index (χ1) is 6.61. The van der Waals surface area contributed by atoms with Crippen LogP contribution in [0.3, 0.4) is 0 Å². The molecule has 0 aliphatic carbocycles. The maximum atomic E-state index is 5.52. The van der Waals surface area contributed by atoms with Gasteiger partial charge in [-0.25, -0.2) is 0 Å². The highest BCUT2D eigenvalue weighted by Crippen LogP contribution is 2.07. The fraction of sp³-hybridized carbons (Fsp3) is 1.00. The minimum Gasteiger partial charge on any atom is -0.383 e. The molecule has 3 nitrogen and oxygen atoms in total. The summed E-state index contributed by atoms with van der Waals surface area (Å²) in [6, 6.07) is 0.519. The Balaban J connectivity index is 3.89. The van der Waals surface area contributed by atoms with Crippen LogP contribution in [0.15, 0.2) is 0 Å². The van der Waals surface area contributed by atoms with Gasteiger partial charge < -0.3 is 15.4 Å². The molecule has 0 aromatic carbocycles. The Morgan fingerprint density at radius 3 is 2.43 bits per heavy atom. The van der Waals surface area contributed by atoms with Crippen LogP contribution in [0.2, 0.25) is 0 Å². The topological polar surface area (TPSA) is 38.5 Å². The second-order valence-electron chi connectivity index (χ2n) is 4.37. The summed E-state index contributed by atoms with van der Waals surface area (Å²) >= 11 is 0. The lowest BCUT2D eigenvalue weighted by molar-refractivity contribution is 0.0935. The first-order valence-electron chi connectivity index (χ1n) is 5.51. The zero-order chi connectivity index (χ0) is 11.0. The van der Waals surface area contributed by atoms with E-state index in [2.05, 4.69) is 25.8 Å². The van der Waals surface area contributed by atoms with Crippen LogP contribution in [0.1, 0.15) is 26.7 Å². The van der Waals surface area contributed by atoms with Crippen LogP contribution < -0.4 is 5.73 Å². The normalized spacial score (nSPS) is 13.9. The number of methoxy groups -OCH3 is 1. The molecule has 3 heteroatoms. The monoisotopic (exact) mass is 202 g/mol. The van der Waals surface area contributed by atoms with Crippen molar-refractivity contribution < 1.29 is 4.74 Å². The predicted molar refractivity (Wildman–Crippen MR) is 61.4 cm³/mol. The lowest BCUT2D eigenvalue weighted by atomic mass is 10.1. The molecule has 0 bridgehead atoms. The SMILES string of the molecule is COCC(CCCN)N(C)CC(C)C. The van der Waals surface area contributed by atoms with E-state index in [-0.39, 0.29) is 0 Å². The highest BCUT2D eigenvalue weighted by molar-refractivity contribution is 4.69. The Hall–Kier alpha value is -0.120. The van der Waals surface area contributed by atoms with Crippen molar-refractivity contribution in [3.63, 3.8) is 0 Å². The van der Waals surface area contributed by atoms with Crippen molar-refractivity contribution in [1.29, 1.82) is 0 Å². The molecular formula is C11H26N2O. The first-order valence-corrected chi connectivity index (χ1v) is 5.51. The highest BCUT2D eigenvalue weighted by atomic mass is 16.5. The predicted octanol–water partition coefficient (Wildman–Crippen LogP) is 1.33. The Bertz CT molecular complexity index is 128. The van der Waals surface area contributed by atoms with Crippen molar-refractivity contribution in [3.05, 3.63) is 0 Å². The maximum Gasteiger partial charge on any atom is 0.0617 e. The molecule has 0 amide bonds. The van der Waals surface area contributed by atoms with E-state index in [9.17, 15) is 0 Å². The van der Waals surface area contributed by atoms with Crippen LogP contribution in [-0.2, 0) is 4.74 Å². The summed E-state index contributed by atoms with van der Waals surface area (Å²) < 4.78 is 5.22. The van der Waals surface area contributed by atoms with Gasteiger partial charge in [0.05, 0.1) is 6.61 Å². The molecule has 14 heavy (non-hydrogen) atoms. The molecule has 2 N–H and O–H groups in total. The van der Waals surface area contributed by atoms with Crippen molar-refractivity contribution in [2.75, 3.05) is 33.9 Å². The van der Waals surface area contributed by atoms with Gasteiger partial charge in [0.2, 0.25) is 0 Å². The zero-order valence-corrected chi connectivity index (χ0v) is 10.1. The van der Waals surface area contributed by atoms with Crippen LogP contribution in [0, 0.1) is 5.92 Å². The number of hydrogen-bond donors (Lipinski definition) is 1. The van der Waals surface area contributed by atoms with E-state index >= 15 is 0 Å². The summed E-state index contributed by atoms with van der Waals surface area (Å²) in [5, 5.41) is 0. The summed E-state index contributed by atoms with van der Waals surface area (Å²) in [6.45, 7) is 7.18. The molecule has 1 unspecified atom stereocenters. The average Bonchev–Trinajstić information content (AvgIpc) is 2.10. The molecule has 0 aliphatic heterocycles. The molecule has 0 rings (SSSR count). The van der Waals surface area contributed by atoms with Gasteiger partial charge in [0.15, 0.2) is 0 Å². The van der Waals surface area contributed by atoms with Gasteiger partial charge in [-0.2, -0.15) is 0 Å². The van der Waals surface area contributed by atoms with Gasteiger partial charge in [-0.1, -0.05) is 13.8 Å². The van der Waals surface area contributed by atoms with E-state index < -0.39 is 0 Å². The Labute approximate surface area is 88.6 Å². The third-order valence-corrected chi connectivity index (χ3v) is 2.38. The second-order valence-corrected chi connectivity index (χ2v) is 4.37. The Kier molecular flexibility index (Phi) is 8.14. The van der Waals surface area contributed by atoms with Crippen LogP contribution >= 0.6 is 0 Å². The van der Waals surface area contributed by atoms with E-state index in [4.69, 9.17) is 10.5 Å². The molecule has 86 valence electrons. The average molecular weight is 202 g/mol. The van der Waals surface area contributed by atoms with Gasteiger partial charge in [-0.15, -0.1) is 0 Å². The van der Waals surface area contributed by atoms with E-state index in [0.717, 1.165) is 32.5 Å². The maximum absolute atomic E-state index is 5.52. The fourth-order valence-corrected chi connectivity index (χ4v) is 1.70. The minimum absolute atomic E-state index is 0.519. The first kappa shape index (κ1) is 13.9. The third-order valence-electron chi connectivity index (χ3n) is 2.38. The van der Waals surface area contributed by atoms with Gasteiger partial charge in [0, 0.05) is 19.7 Å². The summed E-state index contributed by atoms with van der Waals surface area (Å²) in [5.41, 5.74) is 5.52. The van der Waals surface area contributed by atoms with Crippen molar-refractivity contribution >= 4 is 0 Å². The van der Waals surface area contributed by atoms with Gasteiger partial charge in [-0.05, 0) is 32.4 Å². The number of nitrogens with two attached hydrogens (primary N) is 1. The standard InChI is InChI=1S/C11H26N2O/c1-10(2)8-13(3)11(9-14-4)6-5-7-12/h10-11H,5-9,12H2,1-4H3. The van der Waals surface area contributed by atoms with Crippen LogP contribution in [-0.4, -0.2) is 44.8 Å². The van der Waals surface area contributed by atoms with Crippen LogP contribution in [0.4, 0.5) is 0 Å². The number of nitrogens with zero attached hydrogens (tertiary/aromatic N) is 1.